The van der Waals surface area contributed by atoms with Crippen molar-refractivity contribution in [2.24, 2.45) is 0 Å². The van der Waals surface area contributed by atoms with Gasteiger partial charge < -0.3 is 5.32 Å². The van der Waals surface area contributed by atoms with Gasteiger partial charge in [-0.1, -0.05) is 23.8 Å². The van der Waals surface area contributed by atoms with Gasteiger partial charge in [0.25, 0.3) is 10.0 Å². The van der Waals surface area contributed by atoms with Crippen molar-refractivity contribution in [3.05, 3.63) is 83.4 Å². The van der Waals surface area contributed by atoms with E-state index in [9.17, 15) is 21.6 Å². The van der Waals surface area contributed by atoms with Gasteiger partial charge in [0.15, 0.2) is 0 Å². The van der Waals surface area contributed by atoms with E-state index in [4.69, 9.17) is 0 Å². The van der Waals surface area contributed by atoms with E-state index in [0.29, 0.717) is 17.1 Å². The third-order valence-electron chi connectivity index (χ3n) is 5.29. The largest absolute Gasteiger partial charge is 0.324 e. The highest BCUT2D eigenvalue weighted by Crippen LogP contribution is 2.25. The van der Waals surface area contributed by atoms with Gasteiger partial charge in [-0.3, -0.25) is 13.8 Å². The molecule has 3 aromatic rings. The Kier molecular flexibility index (Phi) is 7.56. The predicted octanol–water partition coefficient (Wildman–Crippen LogP) is 4.21. The van der Waals surface area contributed by atoms with E-state index in [1.54, 1.807) is 36.4 Å². The molecule has 0 bridgehead atoms. The zero-order valence-corrected chi connectivity index (χ0v) is 21.9. The van der Waals surface area contributed by atoms with Crippen molar-refractivity contribution in [3.63, 3.8) is 0 Å². The van der Waals surface area contributed by atoms with Gasteiger partial charge in [0, 0.05) is 11.4 Å². The minimum Gasteiger partial charge on any atom is -0.324 e. The molecule has 2 N–H and O–H groups in total. The van der Waals surface area contributed by atoms with Crippen LogP contribution in [0.4, 0.5) is 17.1 Å². The summed E-state index contributed by atoms with van der Waals surface area (Å²) in [6.45, 7) is 7.11. The molecular weight excluding hydrogens is 486 g/mol. The van der Waals surface area contributed by atoms with E-state index in [1.807, 2.05) is 26.8 Å². The number of carbonyl (C=O) groups is 1. The smallest absolute Gasteiger partial charge is 0.261 e. The van der Waals surface area contributed by atoms with Gasteiger partial charge in [-0.05, 0) is 87.4 Å². The van der Waals surface area contributed by atoms with Gasteiger partial charge in [0.2, 0.25) is 15.9 Å². The van der Waals surface area contributed by atoms with E-state index in [-0.39, 0.29) is 4.90 Å². The summed E-state index contributed by atoms with van der Waals surface area (Å²) < 4.78 is 54.0. The van der Waals surface area contributed by atoms with Crippen LogP contribution in [0.25, 0.3) is 0 Å². The van der Waals surface area contributed by atoms with Crippen LogP contribution >= 0.6 is 0 Å². The molecule has 1 unspecified atom stereocenters. The predicted molar refractivity (Wildman–Crippen MR) is 140 cm³/mol. The molecule has 0 fully saturated rings. The van der Waals surface area contributed by atoms with Crippen molar-refractivity contribution in [1.82, 2.24) is 0 Å². The fourth-order valence-electron chi connectivity index (χ4n) is 3.69. The summed E-state index contributed by atoms with van der Waals surface area (Å²) in [4.78, 5) is 13.0. The Balaban J connectivity index is 1.78. The highest BCUT2D eigenvalue weighted by Gasteiger charge is 2.29. The minimum atomic E-state index is -3.82. The average Bonchev–Trinajstić information content (AvgIpc) is 2.74. The number of sulfonamides is 2. The summed E-state index contributed by atoms with van der Waals surface area (Å²) in [5, 5.41) is 2.67. The lowest BCUT2D eigenvalue weighted by Crippen LogP contribution is -2.45. The van der Waals surface area contributed by atoms with Crippen LogP contribution in [0.3, 0.4) is 0 Å². The first-order valence-corrected chi connectivity index (χ1v) is 14.2. The molecule has 1 amide bonds. The third kappa shape index (κ3) is 6.61. The van der Waals surface area contributed by atoms with E-state index >= 15 is 0 Å². The second-order valence-electron chi connectivity index (χ2n) is 8.57. The Morgan fingerprint density at radius 2 is 1.29 bits per heavy atom. The Morgan fingerprint density at radius 1 is 0.771 bits per heavy atom. The van der Waals surface area contributed by atoms with Crippen LogP contribution in [-0.2, 0) is 24.8 Å². The van der Waals surface area contributed by atoms with E-state index in [1.165, 1.54) is 31.2 Å². The molecule has 8 nitrogen and oxygen atoms in total. The van der Waals surface area contributed by atoms with E-state index < -0.39 is 32.0 Å². The number of hydrogen-bond acceptors (Lipinski definition) is 5. The highest BCUT2D eigenvalue weighted by atomic mass is 32.2. The molecule has 186 valence electrons. The normalized spacial score (nSPS) is 12.6. The SMILES string of the molecule is Cc1ccc(NS(=O)(=O)c2ccc(NC(=O)C(C)N(c3cc(C)cc(C)c3)S(C)(=O)=O)cc2)cc1. The minimum absolute atomic E-state index is 0.0251. The van der Waals surface area contributed by atoms with Gasteiger partial charge >= 0.3 is 0 Å². The zero-order valence-electron chi connectivity index (χ0n) is 20.2. The van der Waals surface area contributed by atoms with Crippen LogP contribution in [0.2, 0.25) is 0 Å². The van der Waals surface area contributed by atoms with Crippen molar-refractivity contribution in [1.29, 1.82) is 0 Å². The topological polar surface area (TPSA) is 113 Å². The zero-order chi connectivity index (χ0) is 26.0. The molecule has 10 heteroatoms. The Hall–Kier alpha value is -3.37. The summed E-state index contributed by atoms with van der Waals surface area (Å²) in [7, 11) is -7.58. The summed E-state index contributed by atoms with van der Waals surface area (Å²) in [6.07, 6.45) is 1.05. The van der Waals surface area contributed by atoms with Gasteiger partial charge in [-0.2, -0.15) is 0 Å². The molecule has 0 saturated heterocycles. The standard InChI is InChI=1S/C25H29N3O5S2/c1-17-6-8-22(9-7-17)27-35(32,33)24-12-10-21(11-13-24)26-25(29)20(4)28(34(5,30)31)23-15-18(2)14-19(3)16-23/h6-16,20,27H,1-5H3,(H,26,29). The monoisotopic (exact) mass is 515 g/mol. The first-order chi connectivity index (χ1) is 16.3. The summed E-state index contributed by atoms with van der Waals surface area (Å²) in [5.41, 5.74) is 3.93. The Labute approximate surface area is 207 Å². The fourth-order valence-corrected chi connectivity index (χ4v) is 5.90. The van der Waals surface area contributed by atoms with Gasteiger partial charge in [-0.15, -0.1) is 0 Å². The quantitative estimate of drug-likeness (QED) is 0.467. The second-order valence-corrected chi connectivity index (χ2v) is 12.1. The maximum Gasteiger partial charge on any atom is 0.261 e. The second kappa shape index (κ2) is 10.1. The summed E-state index contributed by atoms with van der Waals surface area (Å²) in [6, 6.07) is 16.9. The van der Waals surface area contributed by atoms with Crippen LogP contribution in [0, 0.1) is 20.8 Å². The number of rotatable bonds is 8. The number of aryl methyl sites for hydroxylation is 3. The average molecular weight is 516 g/mol. The molecule has 35 heavy (non-hydrogen) atoms. The van der Waals surface area contributed by atoms with Crippen molar-refractivity contribution in [3.8, 4) is 0 Å². The number of amides is 1. The lowest BCUT2D eigenvalue weighted by Gasteiger charge is -2.28. The molecule has 0 saturated carbocycles. The van der Waals surface area contributed by atoms with E-state index in [2.05, 4.69) is 10.0 Å². The summed E-state index contributed by atoms with van der Waals surface area (Å²) in [5.74, 6) is -0.553. The van der Waals surface area contributed by atoms with Crippen molar-refractivity contribution >= 4 is 43.0 Å². The first kappa shape index (κ1) is 26.2. The molecule has 0 heterocycles. The van der Waals surface area contributed by atoms with Gasteiger partial charge in [-0.25, -0.2) is 16.8 Å². The number of carbonyl (C=O) groups excluding carboxylic acids is 1. The lowest BCUT2D eigenvalue weighted by atomic mass is 10.1. The third-order valence-corrected chi connectivity index (χ3v) is 7.92. The first-order valence-electron chi connectivity index (χ1n) is 10.8. The molecule has 1 atom stereocenters. The highest BCUT2D eigenvalue weighted by molar-refractivity contribution is 7.92. The molecule has 0 radical (unpaired) electrons. The molecule has 0 aliphatic rings. The van der Waals surface area contributed by atoms with Gasteiger partial charge in [0.05, 0.1) is 16.8 Å². The summed E-state index contributed by atoms with van der Waals surface area (Å²) >= 11 is 0. The number of benzene rings is 3. The van der Waals surface area contributed by atoms with Crippen molar-refractivity contribution in [2.75, 3.05) is 20.6 Å². The molecule has 3 aromatic carbocycles. The van der Waals surface area contributed by atoms with Crippen LogP contribution in [0.1, 0.15) is 23.6 Å². The maximum absolute atomic E-state index is 12.9. The van der Waals surface area contributed by atoms with E-state index in [0.717, 1.165) is 27.3 Å². The van der Waals surface area contributed by atoms with Crippen LogP contribution < -0.4 is 14.3 Å². The molecular formula is C25H29N3O5S2. The molecule has 0 aliphatic heterocycles. The van der Waals surface area contributed by atoms with Crippen LogP contribution in [0.5, 0.6) is 0 Å². The Bertz CT molecular complexity index is 1410. The number of nitrogens with one attached hydrogen (secondary N) is 2. The van der Waals surface area contributed by atoms with Crippen molar-refractivity contribution < 1.29 is 21.6 Å². The number of anilines is 3. The van der Waals surface area contributed by atoms with Gasteiger partial charge in [0.1, 0.15) is 6.04 Å². The van der Waals surface area contributed by atoms with Crippen molar-refractivity contribution in [2.45, 2.75) is 38.6 Å². The molecule has 3 rings (SSSR count). The van der Waals surface area contributed by atoms with Crippen LogP contribution in [-0.4, -0.2) is 35.0 Å². The van der Waals surface area contributed by atoms with Crippen LogP contribution in [0.15, 0.2) is 71.6 Å². The Morgan fingerprint density at radius 3 is 1.80 bits per heavy atom. The number of hydrogen-bond donors (Lipinski definition) is 2. The number of nitrogens with zero attached hydrogens (tertiary/aromatic N) is 1. The lowest BCUT2D eigenvalue weighted by molar-refractivity contribution is -0.116. The molecule has 0 aromatic heterocycles. The fraction of sp³-hybridized carbons (Fsp3) is 0.240. The maximum atomic E-state index is 12.9. The molecule has 0 spiro atoms. The molecule has 0 aliphatic carbocycles.